The van der Waals surface area contributed by atoms with E-state index in [-0.39, 0.29) is 27.8 Å². The number of nitrogens with zero attached hydrogens (tertiary/aromatic N) is 3. The van der Waals surface area contributed by atoms with E-state index >= 15 is 0 Å². The summed E-state index contributed by atoms with van der Waals surface area (Å²) in [6.45, 7) is 2.07. The first-order valence-corrected chi connectivity index (χ1v) is 11.2. The number of amides is 4. The molecule has 3 rings (SSSR count). The lowest BCUT2D eigenvalue weighted by atomic mass is 10.0. The molecule has 184 valence electrons. The molecule has 0 unspecified atom stereocenters. The van der Waals surface area contributed by atoms with Crippen molar-refractivity contribution in [3.8, 4) is 21.7 Å². The highest BCUT2D eigenvalue weighted by Gasteiger charge is 2.34. The molecular weight excluding hydrogens is 511 g/mol. The molecule has 0 fully saturated rings. The molecule has 0 radical (unpaired) electrons. The van der Waals surface area contributed by atoms with Crippen molar-refractivity contribution in [2.45, 2.75) is 13.1 Å². The van der Waals surface area contributed by atoms with Crippen LogP contribution in [0.1, 0.15) is 23.0 Å². The van der Waals surface area contributed by atoms with Crippen LogP contribution in [0.5, 0.6) is 0 Å². The molecule has 3 aromatic heterocycles. The number of aromatic nitrogens is 3. The van der Waals surface area contributed by atoms with E-state index in [1.165, 1.54) is 30.7 Å². The Morgan fingerprint density at radius 1 is 1.09 bits per heavy atom. The fourth-order valence-corrected chi connectivity index (χ4v) is 3.65. The summed E-state index contributed by atoms with van der Waals surface area (Å²) in [7, 11) is 0. The SMILES string of the molecule is CCNC(=O)Nc1cc(-c2nc(C(F)(F)F)cs2)c(-c2cncc(C(=O)NNC(=O)CCl)c2)cn1. The molecule has 0 saturated carbocycles. The molecule has 3 aromatic rings. The summed E-state index contributed by atoms with van der Waals surface area (Å²) >= 11 is 6.12. The number of thiazole rings is 1. The second-order valence-corrected chi connectivity index (χ2v) is 7.86. The molecule has 4 N–H and O–H groups in total. The van der Waals surface area contributed by atoms with Crippen molar-refractivity contribution in [1.29, 1.82) is 0 Å². The average Bonchev–Trinajstić information content (AvgIpc) is 3.33. The first-order chi connectivity index (χ1) is 16.6. The number of carbonyl (C=O) groups is 3. The monoisotopic (exact) mass is 527 g/mol. The predicted octanol–water partition coefficient (Wildman–Crippen LogP) is 3.43. The number of alkyl halides is 4. The number of pyridine rings is 2. The zero-order valence-corrected chi connectivity index (χ0v) is 19.4. The smallest absolute Gasteiger partial charge is 0.338 e. The first-order valence-electron chi connectivity index (χ1n) is 9.81. The minimum absolute atomic E-state index is 0.0119. The van der Waals surface area contributed by atoms with Gasteiger partial charge in [0.25, 0.3) is 11.8 Å². The van der Waals surface area contributed by atoms with Crippen molar-refractivity contribution in [1.82, 2.24) is 31.1 Å². The molecule has 15 heteroatoms. The van der Waals surface area contributed by atoms with Gasteiger partial charge in [-0.1, -0.05) is 0 Å². The number of urea groups is 1. The van der Waals surface area contributed by atoms with E-state index in [0.717, 1.165) is 16.7 Å². The summed E-state index contributed by atoms with van der Waals surface area (Å²) in [4.78, 5) is 47.3. The number of anilines is 1. The van der Waals surface area contributed by atoms with Crippen LogP contribution in [0.4, 0.5) is 23.8 Å². The second kappa shape index (κ2) is 11.1. The van der Waals surface area contributed by atoms with Gasteiger partial charge >= 0.3 is 12.2 Å². The highest BCUT2D eigenvalue weighted by molar-refractivity contribution is 7.13. The van der Waals surface area contributed by atoms with Crippen LogP contribution in [0.2, 0.25) is 0 Å². The zero-order chi connectivity index (χ0) is 25.6. The largest absolute Gasteiger partial charge is 0.434 e. The van der Waals surface area contributed by atoms with Crippen molar-refractivity contribution >= 4 is 46.6 Å². The molecule has 10 nitrogen and oxygen atoms in total. The van der Waals surface area contributed by atoms with Gasteiger partial charge < -0.3 is 5.32 Å². The Balaban J connectivity index is 2.02. The lowest BCUT2D eigenvalue weighted by molar-refractivity contribution is -0.140. The first kappa shape index (κ1) is 25.8. The molecule has 0 saturated heterocycles. The van der Waals surface area contributed by atoms with E-state index in [0.29, 0.717) is 17.7 Å². The third-order valence-electron chi connectivity index (χ3n) is 4.26. The number of hydrazine groups is 1. The molecule has 4 amide bonds. The maximum absolute atomic E-state index is 13.1. The lowest BCUT2D eigenvalue weighted by Gasteiger charge is -2.12. The number of hydrogen-bond donors (Lipinski definition) is 4. The summed E-state index contributed by atoms with van der Waals surface area (Å²) < 4.78 is 39.4. The molecule has 35 heavy (non-hydrogen) atoms. The predicted molar refractivity (Wildman–Crippen MR) is 123 cm³/mol. The van der Waals surface area contributed by atoms with Crippen LogP contribution in [-0.4, -0.2) is 45.2 Å². The van der Waals surface area contributed by atoms with Crippen LogP contribution >= 0.6 is 22.9 Å². The van der Waals surface area contributed by atoms with Crippen molar-refractivity contribution in [2.75, 3.05) is 17.7 Å². The van der Waals surface area contributed by atoms with Crippen LogP contribution in [-0.2, 0) is 11.0 Å². The standard InChI is InChI=1S/C20H17ClF3N7O3S/c1-2-26-19(34)29-15-4-12(18-28-14(9-35-18)20(22,23)24)13(8-27-15)10-3-11(7-25-6-10)17(33)31-30-16(32)5-21/h3-4,6-9H,2,5H2,1H3,(H,30,32)(H,31,33)(H2,26,27,29,34). The third kappa shape index (κ3) is 6.64. The Morgan fingerprint density at radius 3 is 2.51 bits per heavy atom. The summed E-state index contributed by atoms with van der Waals surface area (Å²) in [6.07, 6.45) is -0.713. The zero-order valence-electron chi connectivity index (χ0n) is 17.9. The fourth-order valence-electron chi connectivity index (χ4n) is 2.72. The number of carbonyl (C=O) groups excluding carboxylic acids is 3. The summed E-state index contributed by atoms with van der Waals surface area (Å²) in [5.41, 5.74) is 4.11. The van der Waals surface area contributed by atoms with Crippen LogP contribution in [0.3, 0.4) is 0 Å². The minimum Gasteiger partial charge on any atom is -0.338 e. The van der Waals surface area contributed by atoms with Gasteiger partial charge in [-0.3, -0.25) is 30.7 Å². The Bertz CT molecular complexity index is 1250. The van der Waals surface area contributed by atoms with Gasteiger partial charge in [-0.25, -0.2) is 14.8 Å². The number of hydrogen-bond acceptors (Lipinski definition) is 7. The normalized spacial score (nSPS) is 11.0. The van der Waals surface area contributed by atoms with E-state index in [1.54, 1.807) is 6.92 Å². The molecule has 0 aliphatic rings. The van der Waals surface area contributed by atoms with Gasteiger partial charge in [-0.05, 0) is 19.1 Å². The van der Waals surface area contributed by atoms with Crippen LogP contribution in [0.25, 0.3) is 21.7 Å². The van der Waals surface area contributed by atoms with Gasteiger partial charge in [-0.15, -0.1) is 22.9 Å². The van der Waals surface area contributed by atoms with Crippen molar-refractivity contribution in [2.24, 2.45) is 0 Å². The topological polar surface area (TPSA) is 138 Å². The Hall–Kier alpha value is -3.78. The Morgan fingerprint density at radius 2 is 1.86 bits per heavy atom. The molecular formula is C20H17ClF3N7O3S. The van der Waals surface area contributed by atoms with E-state index in [4.69, 9.17) is 11.6 Å². The van der Waals surface area contributed by atoms with Crippen LogP contribution < -0.4 is 21.5 Å². The molecule has 0 aromatic carbocycles. The quantitative estimate of drug-likeness (QED) is 0.286. The molecule has 0 aliphatic heterocycles. The highest BCUT2D eigenvalue weighted by Crippen LogP contribution is 2.38. The van der Waals surface area contributed by atoms with E-state index < -0.39 is 29.7 Å². The third-order valence-corrected chi connectivity index (χ3v) is 5.37. The van der Waals surface area contributed by atoms with E-state index in [2.05, 4.69) is 36.4 Å². The van der Waals surface area contributed by atoms with Gasteiger partial charge in [0.05, 0.1) is 5.56 Å². The van der Waals surface area contributed by atoms with Gasteiger partial charge in [0.2, 0.25) is 0 Å². The summed E-state index contributed by atoms with van der Waals surface area (Å²) in [5, 5.41) is 5.90. The second-order valence-electron chi connectivity index (χ2n) is 6.73. The maximum Gasteiger partial charge on any atom is 0.434 e. The number of nitrogens with one attached hydrogen (secondary N) is 4. The molecule has 0 atom stereocenters. The van der Waals surface area contributed by atoms with E-state index in [9.17, 15) is 27.6 Å². The van der Waals surface area contributed by atoms with Crippen LogP contribution in [0, 0.1) is 0 Å². The molecule has 0 aliphatic carbocycles. The van der Waals surface area contributed by atoms with Crippen LogP contribution in [0.15, 0.2) is 36.1 Å². The summed E-state index contributed by atoms with van der Waals surface area (Å²) in [5.74, 6) is -1.62. The van der Waals surface area contributed by atoms with Gasteiger partial charge in [0.1, 0.15) is 16.7 Å². The number of halogens is 4. The Labute approximate surface area is 205 Å². The fraction of sp³-hybridized carbons (Fsp3) is 0.200. The van der Waals surface area contributed by atoms with Crippen molar-refractivity contribution in [3.63, 3.8) is 0 Å². The van der Waals surface area contributed by atoms with Crippen molar-refractivity contribution < 1.29 is 27.6 Å². The molecule has 3 heterocycles. The lowest BCUT2D eigenvalue weighted by Crippen LogP contribution is -2.42. The molecule has 0 bridgehead atoms. The molecule has 0 spiro atoms. The van der Waals surface area contributed by atoms with Gasteiger partial charge in [-0.2, -0.15) is 13.2 Å². The average molecular weight is 528 g/mol. The Kier molecular flexibility index (Phi) is 8.19. The number of rotatable bonds is 6. The van der Waals surface area contributed by atoms with E-state index in [1.807, 2.05) is 0 Å². The minimum atomic E-state index is -4.64. The maximum atomic E-state index is 13.1. The summed E-state index contributed by atoms with van der Waals surface area (Å²) in [6, 6.07) is 2.23. The van der Waals surface area contributed by atoms with Crippen molar-refractivity contribution in [3.05, 3.63) is 47.4 Å². The highest BCUT2D eigenvalue weighted by atomic mass is 35.5. The van der Waals surface area contributed by atoms with Gasteiger partial charge in [0.15, 0.2) is 5.69 Å². The van der Waals surface area contributed by atoms with Gasteiger partial charge in [0, 0.05) is 47.2 Å².